The summed E-state index contributed by atoms with van der Waals surface area (Å²) in [5.41, 5.74) is 0.449. The first-order valence-electron chi connectivity index (χ1n) is 4.22. The van der Waals surface area contributed by atoms with Crippen molar-refractivity contribution in [2.45, 2.75) is 6.18 Å². The highest BCUT2D eigenvalue weighted by atomic mass is 19.4. The molecule has 0 aromatic carbocycles. The average molecular weight is 250 g/mol. The molecule has 0 bridgehead atoms. The smallest absolute Gasteiger partial charge is 0.475 e. The third-order valence-corrected chi connectivity index (χ3v) is 1.37. The number of hydrogen-bond donors (Lipinski definition) is 2. The topological polar surface area (TPSA) is 79.3 Å². The van der Waals surface area contributed by atoms with Crippen LogP contribution in [0.5, 0.6) is 0 Å². The number of nitrogens with one attached hydrogen (secondary N) is 1. The maximum Gasteiger partial charge on any atom is 0.490 e. The van der Waals surface area contributed by atoms with Crippen molar-refractivity contribution >= 4 is 11.9 Å². The van der Waals surface area contributed by atoms with Crippen molar-refractivity contribution in [2.75, 3.05) is 7.05 Å². The monoisotopic (exact) mass is 250 g/mol. The van der Waals surface area contributed by atoms with E-state index < -0.39 is 12.1 Å². The lowest BCUT2D eigenvalue weighted by molar-refractivity contribution is -0.192. The predicted octanol–water partition coefficient (Wildman–Crippen LogP) is 1.07. The Morgan fingerprint density at radius 3 is 2.18 bits per heavy atom. The number of carboxylic acids is 1. The van der Waals surface area contributed by atoms with Crippen LogP contribution in [-0.2, 0) is 4.79 Å². The van der Waals surface area contributed by atoms with Gasteiger partial charge in [-0.1, -0.05) is 6.07 Å². The second kappa shape index (κ2) is 6.46. The zero-order valence-corrected chi connectivity index (χ0v) is 8.65. The number of aromatic nitrogens is 1. The predicted molar refractivity (Wildman–Crippen MR) is 51.3 cm³/mol. The minimum Gasteiger partial charge on any atom is -0.475 e. The van der Waals surface area contributed by atoms with Gasteiger partial charge in [0.15, 0.2) is 0 Å². The molecular formula is C9H9F3N2O3. The van der Waals surface area contributed by atoms with Gasteiger partial charge in [-0.25, -0.2) is 4.79 Å². The molecule has 0 saturated heterocycles. The molecule has 17 heavy (non-hydrogen) atoms. The van der Waals surface area contributed by atoms with E-state index in [2.05, 4.69) is 10.3 Å². The van der Waals surface area contributed by atoms with Gasteiger partial charge in [0, 0.05) is 13.2 Å². The molecule has 1 aromatic rings. The quantitative estimate of drug-likeness (QED) is 0.781. The molecule has 0 atom stereocenters. The number of pyridine rings is 1. The highest BCUT2D eigenvalue weighted by Gasteiger charge is 2.38. The minimum absolute atomic E-state index is 0.152. The van der Waals surface area contributed by atoms with E-state index in [1.165, 1.54) is 0 Å². The minimum atomic E-state index is -5.08. The summed E-state index contributed by atoms with van der Waals surface area (Å²) < 4.78 is 31.7. The fraction of sp³-hybridized carbons (Fsp3) is 0.222. The number of rotatable bonds is 1. The highest BCUT2D eigenvalue weighted by molar-refractivity contribution is 5.91. The number of carboxylic acid groups (broad SMARTS) is 1. The highest BCUT2D eigenvalue weighted by Crippen LogP contribution is 2.13. The largest absolute Gasteiger partial charge is 0.490 e. The Hall–Kier alpha value is -2.12. The molecule has 1 amide bonds. The number of alkyl halides is 3. The van der Waals surface area contributed by atoms with Crippen LogP contribution >= 0.6 is 0 Å². The summed E-state index contributed by atoms with van der Waals surface area (Å²) in [5.74, 6) is -2.91. The summed E-state index contributed by atoms with van der Waals surface area (Å²) in [4.78, 5) is 23.6. The van der Waals surface area contributed by atoms with Gasteiger partial charge in [0.1, 0.15) is 5.69 Å². The van der Waals surface area contributed by atoms with Gasteiger partial charge in [-0.05, 0) is 12.1 Å². The van der Waals surface area contributed by atoms with Gasteiger partial charge in [-0.3, -0.25) is 9.78 Å². The molecule has 5 nitrogen and oxygen atoms in total. The van der Waals surface area contributed by atoms with Crippen LogP contribution in [0.1, 0.15) is 10.5 Å². The Morgan fingerprint density at radius 2 is 1.88 bits per heavy atom. The number of halogens is 3. The van der Waals surface area contributed by atoms with Crippen LogP contribution in [0.15, 0.2) is 24.4 Å². The normalized spacial score (nSPS) is 9.88. The molecule has 2 N–H and O–H groups in total. The number of aliphatic carboxylic acids is 1. The van der Waals surface area contributed by atoms with E-state index in [4.69, 9.17) is 9.90 Å². The van der Waals surface area contributed by atoms with Crippen molar-refractivity contribution in [3.05, 3.63) is 30.1 Å². The SMILES string of the molecule is CNC(=O)c1ccccn1.O=C(O)C(F)(F)F. The van der Waals surface area contributed by atoms with Crippen LogP contribution < -0.4 is 5.32 Å². The van der Waals surface area contributed by atoms with E-state index >= 15 is 0 Å². The van der Waals surface area contributed by atoms with Crippen LogP contribution in [0.2, 0.25) is 0 Å². The van der Waals surface area contributed by atoms with Crippen molar-refractivity contribution in [3.8, 4) is 0 Å². The van der Waals surface area contributed by atoms with Gasteiger partial charge in [0.2, 0.25) is 0 Å². The van der Waals surface area contributed by atoms with Gasteiger partial charge >= 0.3 is 12.1 Å². The summed E-state index contributed by atoms with van der Waals surface area (Å²) in [6.07, 6.45) is -3.50. The van der Waals surface area contributed by atoms with Gasteiger partial charge in [-0.2, -0.15) is 13.2 Å². The summed E-state index contributed by atoms with van der Waals surface area (Å²) in [6, 6.07) is 5.21. The van der Waals surface area contributed by atoms with E-state index in [0.717, 1.165) is 0 Å². The second-order valence-electron chi connectivity index (χ2n) is 2.60. The third-order valence-electron chi connectivity index (χ3n) is 1.37. The molecule has 0 aliphatic heterocycles. The van der Waals surface area contributed by atoms with Gasteiger partial charge < -0.3 is 10.4 Å². The van der Waals surface area contributed by atoms with Gasteiger partial charge in [0.25, 0.3) is 5.91 Å². The summed E-state index contributed by atoms with van der Waals surface area (Å²) in [5, 5.41) is 9.60. The fourth-order valence-corrected chi connectivity index (χ4v) is 0.625. The van der Waals surface area contributed by atoms with Crippen molar-refractivity contribution < 1.29 is 27.9 Å². The molecule has 0 saturated carbocycles. The van der Waals surface area contributed by atoms with Crippen molar-refractivity contribution in [2.24, 2.45) is 0 Å². The lowest BCUT2D eigenvalue weighted by Crippen LogP contribution is -2.21. The van der Waals surface area contributed by atoms with Crippen LogP contribution in [0.4, 0.5) is 13.2 Å². The Labute approximate surface area is 94.3 Å². The maximum absolute atomic E-state index is 10.8. The molecule has 0 unspecified atom stereocenters. The molecule has 1 heterocycles. The number of hydrogen-bond acceptors (Lipinski definition) is 3. The van der Waals surface area contributed by atoms with Gasteiger partial charge in [-0.15, -0.1) is 0 Å². The van der Waals surface area contributed by atoms with Crippen LogP contribution in [-0.4, -0.2) is 35.2 Å². The molecule has 0 fully saturated rings. The fourth-order valence-electron chi connectivity index (χ4n) is 0.625. The van der Waals surface area contributed by atoms with E-state index in [-0.39, 0.29) is 5.91 Å². The van der Waals surface area contributed by atoms with Crippen LogP contribution in [0.3, 0.4) is 0 Å². The zero-order chi connectivity index (χ0) is 13.5. The number of nitrogens with zero attached hydrogens (tertiary/aromatic N) is 1. The maximum atomic E-state index is 10.8. The summed E-state index contributed by atoms with van der Waals surface area (Å²) in [7, 11) is 1.58. The van der Waals surface area contributed by atoms with Gasteiger partial charge in [0.05, 0.1) is 0 Å². The summed E-state index contributed by atoms with van der Waals surface area (Å²) in [6.45, 7) is 0. The summed E-state index contributed by atoms with van der Waals surface area (Å²) >= 11 is 0. The standard InChI is InChI=1S/C7H8N2O.C2HF3O2/c1-8-7(10)6-4-2-3-5-9-6;3-2(4,5)1(6)7/h2-5H,1H3,(H,8,10);(H,6,7). The molecule has 0 spiro atoms. The van der Waals surface area contributed by atoms with Crippen molar-refractivity contribution in [1.82, 2.24) is 10.3 Å². The molecule has 0 aliphatic rings. The first-order chi connectivity index (χ1) is 7.79. The Balaban J connectivity index is 0.000000325. The molecule has 1 rings (SSSR count). The lowest BCUT2D eigenvalue weighted by Gasteiger charge is -1.94. The number of amides is 1. The van der Waals surface area contributed by atoms with E-state index in [0.29, 0.717) is 5.69 Å². The van der Waals surface area contributed by atoms with E-state index in [1.807, 2.05) is 0 Å². The average Bonchev–Trinajstić information content (AvgIpc) is 2.28. The van der Waals surface area contributed by atoms with E-state index in [9.17, 15) is 18.0 Å². The number of carbonyl (C=O) groups excluding carboxylic acids is 1. The number of carbonyl (C=O) groups is 2. The van der Waals surface area contributed by atoms with Crippen LogP contribution in [0, 0.1) is 0 Å². The molecule has 8 heteroatoms. The Bertz CT molecular complexity index is 379. The Kier molecular flexibility index (Phi) is 5.65. The first-order valence-corrected chi connectivity index (χ1v) is 4.22. The lowest BCUT2D eigenvalue weighted by atomic mass is 10.3. The third kappa shape index (κ3) is 6.13. The van der Waals surface area contributed by atoms with E-state index in [1.54, 1.807) is 31.4 Å². The zero-order valence-electron chi connectivity index (χ0n) is 8.65. The molecule has 0 aliphatic carbocycles. The second-order valence-corrected chi connectivity index (χ2v) is 2.60. The Morgan fingerprint density at radius 1 is 1.35 bits per heavy atom. The molecule has 0 radical (unpaired) electrons. The first kappa shape index (κ1) is 14.9. The van der Waals surface area contributed by atoms with Crippen LogP contribution in [0.25, 0.3) is 0 Å². The molecule has 1 aromatic heterocycles. The van der Waals surface area contributed by atoms with Crippen molar-refractivity contribution in [1.29, 1.82) is 0 Å². The van der Waals surface area contributed by atoms with Crippen molar-refractivity contribution in [3.63, 3.8) is 0 Å². The molecule has 94 valence electrons. The molecular weight excluding hydrogens is 241 g/mol.